The fourth-order valence-corrected chi connectivity index (χ4v) is 1.71. The van der Waals surface area contributed by atoms with Gasteiger partial charge in [0.2, 0.25) is 6.79 Å². The summed E-state index contributed by atoms with van der Waals surface area (Å²) >= 11 is 0. The second-order valence-corrected chi connectivity index (χ2v) is 4.66. The summed E-state index contributed by atoms with van der Waals surface area (Å²) < 4.78 is 98.4. The van der Waals surface area contributed by atoms with Crippen LogP contribution in [-0.2, 0) is 20.8 Å². The number of fused-ring (bicyclic) bond motifs is 1. The molecule has 0 saturated carbocycles. The Hall–Kier alpha value is -1.72. The minimum Gasteiger partial charge on any atom is -0.454 e. The normalized spacial score (nSPS) is 15.0. The molecule has 24 heavy (non-hydrogen) atoms. The molecule has 0 fully saturated rings. The lowest BCUT2D eigenvalue weighted by Crippen LogP contribution is -2.49. The number of benzene rings is 1. The molecule has 2 rings (SSSR count). The summed E-state index contributed by atoms with van der Waals surface area (Å²) in [7, 11) is 0.228. The highest BCUT2D eigenvalue weighted by atomic mass is 19.3. The zero-order valence-corrected chi connectivity index (χ0v) is 12.2. The number of ether oxygens (including phenoxy) is 5. The first kappa shape index (κ1) is 18.6. The molecule has 0 N–H and O–H groups in total. The number of hydrogen-bond acceptors (Lipinski definition) is 5. The third kappa shape index (κ3) is 4.22. The maximum Gasteiger partial charge on any atom is 0.452 e. The Labute approximate surface area is 132 Å². The molecule has 1 aromatic carbocycles. The third-order valence-electron chi connectivity index (χ3n) is 2.85. The van der Waals surface area contributed by atoms with Gasteiger partial charge in [-0.15, -0.1) is 0 Å². The molecule has 0 radical (unpaired) electrons. The van der Waals surface area contributed by atoms with E-state index >= 15 is 0 Å². The zero-order valence-electron chi connectivity index (χ0n) is 12.2. The highest BCUT2D eigenvalue weighted by molar-refractivity contribution is 5.44. The van der Waals surface area contributed by atoms with Gasteiger partial charge in [-0.1, -0.05) is 6.07 Å². The Morgan fingerprint density at radius 3 is 2.33 bits per heavy atom. The quantitative estimate of drug-likeness (QED) is 0.664. The van der Waals surface area contributed by atoms with E-state index in [2.05, 4.69) is 14.2 Å². The highest BCUT2D eigenvalue weighted by Gasteiger charge is 2.63. The molecule has 136 valence electrons. The van der Waals surface area contributed by atoms with Gasteiger partial charge in [0.25, 0.3) is 0 Å². The molecule has 1 aliphatic rings. The first-order valence-corrected chi connectivity index (χ1v) is 6.41. The van der Waals surface area contributed by atoms with Crippen LogP contribution in [-0.4, -0.2) is 38.8 Å². The van der Waals surface area contributed by atoms with E-state index in [1.165, 1.54) is 18.2 Å². The van der Waals surface area contributed by atoms with Crippen LogP contribution in [0.2, 0.25) is 0 Å². The van der Waals surface area contributed by atoms with Gasteiger partial charge in [-0.05, 0) is 17.7 Å². The van der Waals surface area contributed by atoms with Crippen molar-refractivity contribution >= 4 is 0 Å². The fraction of sp³-hybridized carbons (Fsp3) is 0.538. The Kier molecular flexibility index (Phi) is 5.16. The number of rotatable bonds is 8. The summed E-state index contributed by atoms with van der Waals surface area (Å²) in [5.41, 5.74) is 0.379. The SMILES string of the molecule is COC(F)(F)C(F)(F)OC(F)(F)COCc1ccc2c(c1)OCO2. The maximum atomic E-state index is 13.2. The standard InChI is InChI=1S/C13H12F6O5/c1-20-12(16,17)13(18,19)24-11(14,15)6-21-5-8-2-3-9-10(4-8)23-7-22-9/h2-4H,5-7H2,1H3. The van der Waals surface area contributed by atoms with Crippen LogP contribution >= 0.6 is 0 Å². The van der Waals surface area contributed by atoms with E-state index in [1.54, 1.807) is 0 Å². The first-order chi connectivity index (χ1) is 11.1. The molecule has 0 amide bonds. The van der Waals surface area contributed by atoms with Crippen LogP contribution in [0.25, 0.3) is 0 Å². The van der Waals surface area contributed by atoms with Crippen molar-refractivity contribution in [2.75, 3.05) is 20.5 Å². The van der Waals surface area contributed by atoms with E-state index in [4.69, 9.17) is 9.47 Å². The predicted octanol–water partition coefficient (Wildman–Crippen LogP) is 3.37. The van der Waals surface area contributed by atoms with Crippen molar-refractivity contribution in [1.29, 1.82) is 0 Å². The molecular formula is C13H12F6O5. The van der Waals surface area contributed by atoms with Crippen LogP contribution < -0.4 is 9.47 Å². The number of alkyl halides is 6. The smallest absolute Gasteiger partial charge is 0.452 e. The number of methoxy groups -OCH3 is 1. The van der Waals surface area contributed by atoms with E-state index in [9.17, 15) is 26.3 Å². The minimum atomic E-state index is -5.53. The maximum absolute atomic E-state index is 13.2. The molecule has 0 spiro atoms. The lowest BCUT2D eigenvalue weighted by atomic mass is 10.2. The Morgan fingerprint density at radius 2 is 1.67 bits per heavy atom. The van der Waals surface area contributed by atoms with Crippen molar-refractivity contribution in [2.45, 2.75) is 24.9 Å². The van der Waals surface area contributed by atoms with Crippen LogP contribution in [0.1, 0.15) is 5.56 Å². The molecule has 0 aromatic heterocycles. The lowest BCUT2D eigenvalue weighted by Gasteiger charge is -2.27. The molecule has 1 aromatic rings. The van der Waals surface area contributed by atoms with E-state index in [0.717, 1.165) is 0 Å². The van der Waals surface area contributed by atoms with Gasteiger partial charge in [-0.25, -0.2) is 4.74 Å². The highest BCUT2D eigenvalue weighted by Crippen LogP contribution is 2.40. The molecule has 11 heteroatoms. The third-order valence-corrected chi connectivity index (χ3v) is 2.85. The molecule has 5 nitrogen and oxygen atoms in total. The fourth-order valence-electron chi connectivity index (χ4n) is 1.71. The van der Waals surface area contributed by atoms with Gasteiger partial charge in [0.15, 0.2) is 11.5 Å². The number of hydrogen-bond donors (Lipinski definition) is 0. The number of halogens is 6. The molecule has 1 aliphatic heterocycles. The lowest BCUT2D eigenvalue weighted by molar-refractivity contribution is -0.480. The van der Waals surface area contributed by atoms with Gasteiger partial charge < -0.3 is 18.9 Å². The monoisotopic (exact) mass is 362 g/mol. The summed E-state index contributed by atoms with van der Waals surface area (Å²) in [6.45, 7) is -2.08. The van der Waals surface area contributed by atoms with Crippen molar-refractivity contribution in [3.05, 3.63) is 23.8 Å². The average Bonchev–Trinajstić information content (AvgIpc) is 2.93. The van der Waals surface area contributed by atoms with E-state index in [1.807, 2.05) is 0 Å². The van der Waals surface area contributed by atoms with Crippen molar-refractivity contribution in [3.63, 3.8) is 0 Å². The second kappa shape index (κ2) is 6.65. The summed E-state index contributed by atoms with van der Waals surface area (Å²) in [6, 6.07) is 4.41. The zero-order chi connectivity index (χ0) is 18.0. The van der Waals surface area contributed by atoms with E-state index in [-0.39, 0.29) is 13.9 Å². The van der Waals surface area contributed by atoms with Gasteiger partial charge in [0, 0.05) is 7.11 Å². The van der Waals surface area contributed by atoms with Gasteiger partial charge in [0.05, 0.1) is 6.61 Å². The molecule has 0 saturated heterocycles. The van der Waals surface area contributed by atoms with Crippen molar-refractivity contribution in [1.82, 2.24) is 0 Å². The largest absolute Gasteiger partial charge is 0.454 e. The summed E-state index contributed by atoms with van der Waals surface area (Å²) in [5, 5.41) is 0. The van der Waals surface area contributed by atoms with E-state index in [0.29, 0.717) is 17.1 Å². The van der Waals surface area contributed by atoms with Gasteiger partial charge in [-0.3, -0.25) is 0 Å². The Balaban J connectivity index is 1.88. The van der Waals surface area contributed by atoms with Crippen LogP contribution in [0.15, 0.2) is 18.2 Å². The molecule has 0 unspecified atom stereocenters. The molecule has 1 heterocycles. The van der Waals surface area contributed by atoms with Crippen LogP contribution in [0, 0.1) is 0 Å². The summed E-state index contributed by atoms with van der Waals surface area (Å²) in [6.07, 6.45) is -15.4. The topological polar surface area (TPSA) is 46.2 Å². The molecular weight excluding hydrogens is 350 g/mol. The average molecular weight is 362 g/mol. The first-order valence-electron chi connectivity index (χ1n) is 6.41. The van der Waals surface area contributed by atoms with Gasteiger partial charge >= 0.3 is 18.3 Å². The van der Waals surface area contributed by atoms with Gasteiger partial charge in [0.1, 0.15) is 6.61 Å². The second-order valence-electron chi connectivity index (χ2n) is 4.66. The van der Waals surface area contributed by atoms with Crippen molar-refractivity contribution in [2.24, 2.45) is 0 Å². The van der Waals surface area contributed by atoms with Crippen molar-refractivity contribution < 1.29 is 50.0 Å². The Morgan fingerprint density at radius 1 is 1.00 bits per heavy atom. The van der Waals surface area contributed by atoms with E-state index < -0.39 is 31.5 Å². The summed E-state index contributed by atoms with van der Waals surface area (Å²) in [4.78, 5) is 0. The Bertz CT molecular complexity index is 580. The minimum absolute atomic E-state index is 0.00828. The van der Waals surface area contributed by atoms with Crippen LogP contribution in [0.5, 0.6) is 11.5 Å². The van der Waals surface area contributed by atoms with Crippen LogP contribution in [0.3, 0.4) is 0 Å². The molecule has 0 aliphatic carbocycles. The van der Waals surface area contributed by atoms with Gasteiger partial charge in [-0.2, -0.15) is 26.3 Å². The predicted molar refractivity (Wildman–Crippen MR) is 65.2 cm³/mol. The summed E-state index contributed by atoms with van der Waals surface area (Å²) in [5.74, 6) is 0.819. The molecule has 0 atom stereocenters. The van der Waals surface area contributed by atoms with Crippen molar-refractivity contribution in [3.8, 4) is 11.5 Å². The molecule has 0 bridgehead atoms. The van der Waals surface area contributed by atoms with Crippen LogP contribution in [0.4, 0.5) is 26.3 Å².